The first-order chi connectivity index (χ1) is 11.6. The van der Waals surface area contributed by atoms with E-state index in [2.05, 4.69) is 15.3 Å². The summed E-state index contributed by atoms with van der Waals surface area (Å²) < 4.78 is 1.97. The Bertz CT molecular complexity index is 463. The zero-order valence-corrected chi connectivity index (χ0v) is 15.9. The Balaban J connectivity index is -0.000000335. The van der Waals surface area contributed by atoms with Gasteiger partial charge < -0.3 is 15.0 Å². The van der Waals surface area contributed by atoms with Gasteiger partial charge in [0.15, 0.2) is 6.29 Å². The van der Waals surface area contributed by atoms with Crippen molar-refractivity contribution in [3.05, 3.63) is 30.1 Å². The summed E-state index contributed by atoms with van der Waals surface area (Å²) in [6.45, 7) is 9.67. The van der Waals surface area contributed by atoms with Gasteiger partial charge in [-0.3, -0.25) is 9.59 Å². The van der Waals surface area contributed by atoms with E-state index in [1.807, 2.05) is 45.5 Å². The molecule has 0 atom stereocenters. The van der Waals surface area contributed by atoms with Gasteiger partial charge in [-0.05, 0) is 26.3 Å². The summed E-state index contributed by atoms with van der Waals surface area (Å²) in [5.74, 6) is 1.46. The van der Waals surface area contributed by atoms with Crippen LogP contribution in [0.15, 0.2) is 29.3 Å². The van der Waals surface area contributed by atoms with Crippen LogP contribution >= 0.6 is 0 Å². The minimum absolute atomic E-state index is 0.408. The molecule has 138 valence electrons. The lowest BCUT2D eigenvalue weighted by Crippen LogP contribution is -2.11. The Morgan fingerprint density at radius 3 is 2.21 bits per heavy atom. The maximum atomic E-state index is 10.5. The molecule has 0 fully saturated rings. The topological polar surface area (TPSA) is 96.6 Å². The monoisotopic (exact) mass is 340 g/mol. The van der Waals surface area contributed by atoms with E-state index in [4.69, 9.17) is 5.11 Å². The Kier molecular flexibility index (Phi) is 23.0. The first-order valence-electron chi connectivity index (χ1n) is 7.86. The average Bonchev–Trinajstić information content (AvgIpc) is 3.01. The zero-order valence-electron chi connectivity index (χ0n) is 15.9. The normalized spacial score (nSPS) is 10.0. The molecule has 0 saturated heterocycles. The third-order valence-corrected chi connectivity index (χ3v) is 2.45. The molecule has 2 N–H and O–H groups in total. The van der Waals surface area contributed by atoms with E-state index < -0.39 is 0 Å². The summed E-state index contributed by atoms with van der Waals surface area (Å²) in [7, 11) is 2.97. The minimum atomic E-state index is 0.408. The van der Waals surface area contributed by atoms with Gasteiger partial charge in [0, 0.05) is 26.6 Å². The molecule has 1 heterocycles. The Morgan fingerprint density at radius 1 is 1.38 bits per heavy atom. The van der Waals surface area contributed by atoms with E-state index in [9.17, 15) is 9.59 Å². The number of aliphatic hydroxyl groups is 1. The number of aldehydes is 1. The molecule has 1 aromatic rings. The lowest BCUT2D eigenvalue weighted by molar-refractivity contribution is -0.109. The van der Waals surface area contributed by atoms with Crippen molar-refractivity contribution in [1.82, 2.24) is 14.9 Å². The average molecular weight is 340 g/mol. The number of carbonyl (C=O) groups excluding carboxylic acids is 2. The van der Waals surface area contributed by atoms with E-state index in [1.165, 1.54) is 0 Å². The Labute approximate surface area is 145 Å². The number of nitrogens with zero attached hydrogens (tertiary/aromatic N) is 3. The third-order valence-electron chi connectivity index (χ3n) is 2.45. The van der Waals surface area contributed by atoms with Crippen molar-refractivity contribution in [1.29, 1.82) is 0 Å². The van der Waals surface area contributed by atoms with Gasteiger partial charge in [0.25, 0.3) is 0 Å². The van der Waals surface area contributed by atoms with Crippen LogP contribution in [0, 0.1) is 6.92 Å². The van der Waals surface area contributed by atoms with Gasteiger partial charge >= 0.3 is 0 Å². The first-order valence-corrected chi connectivity index (χ1v) is 7.86. The Morgan fingerprint density at radius 2 is 1.96 bits per heavy atom. The number of aliphatic hydroxyl groups excluding tert-OH is 1. The van der Waals surface area contributed by atoms with Crippen LogP contribution in [0.2, 0.25) is 0 Å². The third kappa shape index (κ3) is 14.6. The highest BCUT2D eigenvalue weighted by molar-refractivity contribution is 6.28. The van der Waals surface area contributed by atoms with E-state index >= 15 is 0 Å². The second-order valence-corrected chi connectivity index (χ2v) is 3.99. The standard InChI is InChI=1S/C9H14N2O2.C5H8N2.C2H6.CH4O/c1-3-5-8(6-12)11-9(4-2)10-7-13;1-5-6-3-4-7(5)2;2*1-2/h4,6-7H,3,5H2,1-2H3,(H,10,13);3-4H,1-2H3;1-2H3;2H,1H3/b9-4-,11-8+;;;. The molecule has 7 heteroatoms. The molecular formula is C17H32N4O3. The van der Waals surface area contributed by atoms with Crippen LogP contribution in [0.3, 0.4) is 0 Å². The summed E-state index contributed by atoms with van der Waals surface area (Å²) >= 11 is 0. The van der Waals surface area contributed by atoms with E-state index in [0.717, 1.165) is 19.4 Å². The molecule has 0 spiro atoms. The number of nitrogens with one attached hydrogen (secondary N) is 1. The summed E-state index contributed by atoms with van der Waals surface area (Å²) in [6, 6.07) is 0. The van der Waals surface area contributed by atoms with Gasteiger partial charge in [0.2, 0.25) is 6.41 Å². The lowest BCUT2D eigenvalue weighted by atomic mass is 10.2. The van der Waals surface area contributed by atoms with Crippen LogP contribution in [-0.4, -0.2) is 40.2 Å². The number of aliphatic imine (C=N–C) groups is 1. The van der Waals surface area contributed by atoms with Gasteiger partial charge in [-0.15, -0.1) is 0 Å². The van der Waals surface area contributed by atoms with Crippen molar-refractivity contribution in [3.8, 4) is 0 Å². The highest BCUT2D eigenvalue weighted by atomic mass is 16.2. The predicted octanol–water partition coefficient (Wildman–Crippen LogP) is 2.40. The zero-order chi connectivity index (χ0) is 19.4. The molecule has 7 nitrogen and oxygen atoms in total. The van der Waals surface area contributed by atoms with Crippen molar-refractivity contribution in [2.24, 2.45) is 12.0 Å². The highest BCUT2D eigenvalue weighted by Gasteiger charge is 1.97. The fourth-order valence-electron chi connectivity index (χ4n) is 1.23. The summed E-state index contributed by atoms with van der Waals surface area (Å²) in [5.41, 5.74) is 0.449. The van der Waals surface area contributed by atoms with Crippen LogP contribution in [-0.2, 0) is 16.6 Å². The molecular weight excluding hydrogens is 308 g/mol. The van der Waals surface area contributed by atoms with Crippen molar-refractivity contribution in [2.75, 3.05) is 7.11 Å². The molecule has 0 aliphatic carbocycles. The van der Waals surface area contributed by atoms with Crippen molar-refractivity contribution >= 4 is 18.4 Å². The molecule has 0 aliphatic heterocycles. The molecule has 1 aromatic heterocycles. The number of aromatic nitrogens is 2. The number of rotatable bonds is 6. The maximum absolute atomic E-state index is 10.5. The first kappa shape index (κ1) is 26.6. The van der Waals surface area contributed by atoms with Gasteiger partial charge in [-0.1, -0.05) is 27.2 Å². The second kappa shape index (κ2) is 20.7. The van der Waals surface area contributed by atoms with Crippen LogP contribution in [0.5, 0.6) is 0 Å². The maximum Gasteiger partial charge on any atom is 0.212 e. The molecule has 0 saturated carbocycles. The fourth-order valence-corrected chi connectivity index (χ4v) is 1.23. The van der Waals surface area contributed by atoms with Crippen molar-refractivity contribution in [3.63, 3.8) is 0 Å². The number of amides is 1. The number of aryl methyl sites for hydroxylation is 2. The van der Waals surface area contributed by atoms with Crippen molar-refractivity contribution in [2.45, 2.75) is 47.5 Å². The van der Waals surface area contributed by atoms with Crippen LogP contribution in [0.4, 0.5) is 0 Å². The number of hydrogen-bond donors (Lipinski definition) is 2. The van der Waals surface area contributed by atoms with E-state index in [-0.39, 0.29) is 0 Å². The van der Waals surface area contributed by atoms with E-state index in [0.29, 0.717) is 30.6 Å². The van der Waals surface area contributed by atoms with Crippen molar-refractivity contribution < 1.29 is 14.7 Å². The molecule has 1 amide bonds. The molecule has 1 rings (SSSR count). The van der Waals surface area contributed by atoms with Gasteiger partial charge in [-0.25, -0.2) is 9.98 Å². The number of imidazole rings is 1. The van der Waals surface area contributed by atoms with Crippen LogP contribution < -0.4 is 5.32 Å². The predicted molar refractivity (Wildman–Crippen MR) is 98.8 cm³/mol. The van der Waals surface area contributed by atoms with Gasteiger partial charge in [0.1, 0.15) is 11.6 Å². The van der Waals surface area contributed by atoms with E-state index in [1.54, 1.807) is 19.2 Å². The summed E-state index contributed by atoms with van der Waals surface area (Å²) in [6.07, 6.45) is 8.07. The lowest BCUT2D eigenvalue weighted by Gasteiger charge is -1.99. The van der Waals surface area contributed by atoms with Gasteiger partial charge in [0.05, 0.1) is 5.71 Å². The fraction of sp³-hybridized carbons (Fsp3) is 0.529. The SMILES string of the molecule is C/C=C(\N=C(\C=O)CCC)NC=O.CC.CO.Cc1nccn1C. The number of carbonyl (C=O) groups is 2. The smallest absolute Gasteiger partial charge is 0.212 e. The number of hydrogen-bond acceptors (Lipinski definition) is 5. The summed E-state index contributed by atoms with van der Waals surface area (Å²) in [5, 5.41) is 9.39. The Hall–Kier alpha value is -2.28. The highest BCUT2D eigenvalue weighted by Crippen LogP contribution is 1.96. The molecule has 0 radical (unpaired) electrons. The summed E-state index contributed by atoms with van der Waals surface area (Å²) in [4.78, 5) is 28.5. The quantitative estimate of drug-likeness (QED) is 0.614. The molecule has 0 unspecified atom stereocenters. The minimum Gasteiger partial charge on any atom is -0.400 e. The second-order valence-electron chi connectivity index (χ2n) is 3.99. The largest absolute Gasteiger partial charge is 0.400 e. The number of allylic oxidation sites excluding steroid dienone is 1. The molecule has 24 heavy (non-hydrogen) atoms. The molecule has 0 aliphatic rings. The van der Waals surface area contributed by atoms with Gasteiger partial charge in [-0.2, -0.15) is 0 Å². The van der Waals surface area contributed by atoms with Crippen LogP contribution in [0.25, 0.3) is 0 Å². The van der Waals surface area contributed by atoms with Crippen LogP contribution in [0.1, 0.15) is 46.4 Å². The molecule has 0 aromatic carbocycles. The molecule has 0 bridgehead atoms.